The van der Waals surface area contributed by atoms with Crippen LogP contribution < -0.4 is 0 Å². The molecule has 0 aliphatic carbocycles. The highest BCUT2D eigenvalue weighted by molar-refractivity contribution is 6.30. The normalized spacial score (nSPS) is 20.1. The molecule has 4 heterocycles. The van der Waals surface area contributed by atoms with Gasteiger partial charge in [-0.15, -0.1) is 0 Å². The maximum atomic E-state index is 16.7. The lowest BCUT2D eigenvalue weighted by Crippen LogP contribution is -2.54. The first kappa shape index (κ1) is 29.8. The van der Waals surface area contributed by atoms with Gasteiger partial charge in [0.2, 0.25) is 5.72 Å². The minimum atomic E-state index is -1.99. The molecule has 1 N–H and O–H groups in total. The van der Waals surface area contributed by atoms with Gasteiger partial charge in [0.15, 0.2) is 5.67 Å². The third kappa shape index (κ3) is 4.82. The molecule has 6 rings (SSSR count). The third-order valence-corrected chi connectivity index (χ3v) is 8.29. The average Bonchev–Trinajstić information content (AvgIpc) is 3.55. The van der Waals surface area contributed by atoms with E-state index in [0.717, 1.165) is 6.07 Å². The van der Waals surface area contributed by atoms with Crippen LogP contribution in [-0.2, 0) is 34.4 Å². The van der Waals surface area contributed by atoms with Gasteiger partial charge in [-0.25, -0.2) is 23.7 Å². The Labute approximate surface area is 256 Å². The Bertz CT molecular complexity index is 1770. The van der Waals surface area contributed by atoms with Gasteiger partial charge in [-0.3, -0.25) is 9.69 Å². The van der Waals surface area contributed by atoms with Crippen LogP contribution in [0.25, 0.3) is 0 Å². The molecule has 0 radical (unpaired) electrons. The van der Waals surface area contributed by atoms with E-state index >= 15 is 8.78 Å². The van der Waals surface area contributed by atoms with Crippen LogP contribution in [0, 0.1) is 17.1 Å². The van der Waals surface area contributed by atoms with E-state index in [9.17, 15) is 15.2 Å². The molecule has 2 aromatic carbocycles. The fourth-order valence-corrected chi connectivity index (χ4v) is 5.74. The first-order valence-corrected chi connectivity index (χ1v) is 14.2. The van der Waals surface area contributed by atoms with Crippen LogP contribution in [0.2, 0.25) is 5.02 Å². The number of rotatable bonds is 9. The lowest BCUT2D eigenvalue weighted by molar-refractivity contribution is -0.205. The molecule has 10 nitrogen and oxygen atoms in total. The van der Waals surface area contributed by atoms with Crippen molar-refractivity contribution in [2.75, 3.05) is 19.8 Å². The number of aliphatic hydroxyl groups is 1. The summed E-state index contributed by atoms with van der Waals surface area (Å²) < 4.78 is 45.2. The number of carbonyl (C=O) groups excluding carboxylic acids is 1. The minimum Gasteiger partial charge on any atom is -0.379 e. The average molecular weight is 621 g/mol. The molecule has 0 spiro atoms. The van der Waals surface area contributed by atoms with E-state index < -0.39 is 35.3 Å². The Morgan fingerprint density at radius 1 is 1.20 bits per heavy atom. The summed E-state index contributed by atoms with van der Waals surface area (Å²) in [5.41, 5.74) is -4.93. The fourth-order valence-electron chi connectivity index (χ4n) is 5.61. The van der Waals surface area contributed by atoms with Gasteiger partial charge in [-0.05, 0) is 36.2 Å². The van der Waals surface area contributed by atoms with Crippen molar-refractivity contribution in [3.8, 4) is 6.07 Å². The summed E-state index contributed by atoms with van der Waals surface area (Å²) in [4.78, 5) is 28.3. The molecule has 1 fully saturated rings. The van der Waals surface area contributed by atoms with Crippen molar-refractivity contribution >= 4 is 17.5 Å². The highest BCUT2D eigenvalue weighted by atomic mass is 35.5. The summed E-state index contributed by atoms with van der Waals surface area (Å²) in [6, 6.07) is 10.8. The van der Waals surface area contributed by atoms with Crippen molar-refractivity contribution in [2.45, 2.75) is 36.9 Å². The van der Waals surface area contributed by atoms with Crippen molar-refractivity contribution in [2.24, 2.45) is 7.05 Å². The third-order valence-electron chi connectivity index (χ3n) is 8.03. The Morgan fingerprint density at radius 2 is 1.91 bits per heavy atom. The summed E-state index contributed by atoms with van der Waals surface area (Å²) >= 11 is 6.19. The number of benzene rings is 2. The highest BCUT2D eigenvalue weighted by Crippen LogP contribution is 2.49. The predicted octanol–water partition coefficient (Wildman–Crippen LogP) is 4.13. The summed E-state index contributed by atoms with van der Waals surface area (Å²) in [5, 5.41) is 21.3. The zero-order chi connectivity index (χ0) is 31.3. The molecule has 2 atom stereocenters. The van der Waals surface area contributed by atoms with Gasteiger partial charge in [-0.2, -0.15) is 5.26 Å². The van der Waals surface area contributed by atoms with Gasteiger partial charge in [0.1, 0.15) is 23.3 Å². The lowest BCUT2D eigenvalue weighted by atomic mass is 9.84. The van der Waals surface area contributed by atoms with Crippen LogP contribution >= 0.6 is 11.6 Å². The quantitative estimate of drug-likeness (QED) is 0.296. The Morgan fingerprint density at radius 3 is 2.48 bits per heavy atom. The number of hydrogen-bond donors (Lipinski definition) is 1. The lowest BCUT2D eigenvalue weighted by Gasteiger charge is -2.42. The summed E-state index contributed by atoms with van der Waals surface area (Å²) in [6.07, 6.45) is 5.86. The number of carbonyl (C=O) groups is 1. The van der Waals surface area contributed by atoms with Crippen LogP contribution in [0.5, 0.6) is 0 Å². The zero-order valence-electron chi connectivity index (χ0n) is 23.8. The van der Waals surface area contributed by atoms with Gasteiger partial charge < -0.3 is 19.1 Å². The molecule has 44 heavy (non-hydrogen) atoms. The largest absolute Gasteiger partial charge is 0.379 e. The number of amides is 1. The molecule has 0 saturated carbocycles. The maximum Gasteiger partial charge on any atom is 0.257 e. The first-order chi connectivity index (χ1) is 21.0. The number of alkyl halides is 1. The zero-order valence-corrected chi connectivity index (χ0v) is 24.6. The Hall–Kier alpha value is -4.28. The molecule has 2 aliphatic rings. The maximum absolute atomic E-state index is 16.7. The molecule has 1 amide bonds. The second-order valence-electron chi connectivity index (χ2n) is 11.0. The molecule has 4 aromatic rings. The molecule has 2 aromatic heterocycles. The topological polar surface area (TPSA) is 126 Å². The van der Waals surface area contributed by atoms with Crippen LogP contribution in [0.1, 0.15) is 57.5 Å². The number of aryl methyl sites for hydroxylation is 1. The second-order valence-corrected chi connectivity index (χ2v) is 11.4. The number of halogens is 3. The van der Waals surface area contributed by atoms with Gasteiger partial charge in [0.25, 0.3) is 5.91 Å². The molecule has 0 bridgehead atoms. The number of nitriles is 1. The van der Waals surface area contributed by atoms with E-state index in [2.05, 4.69) is 15.0 Å². The standard InChI is InChI=1S/C31H27ClF2N6O4/c1-3-30(42,25-13-39(2)18-38-25)21-8-23-27(24(33)9-21)31(20-4-6-22(32)7-5-20,44-17-29(34)15-43-16-29)40(28(23)41)14-26-36-11-19(10-35)12-37-26/h4-9,11-13,18,42H,3,14-17H2,1-2H3/t30?,31-/m1/s1. The van der Waals surface area contributed by atoms with Crippen molar-refractivity contribution in [1.29, 1.82) is 5.26 Å². The van der Waals surface area contributed by atoms with Crippen molar-refractivity contribution in [3.63, 3.8) is 0 Å². The van der Waals surface area contributed by atoms with E-state index in [4.69, 9.17) is 21.1 Å². The fraction of sp³-hybridized carbons (Fsp3) is 0.323. The Balaban J connectivity index is 1.57. The summed E-state index contributed by atoms with van der Waals surface area (Å²) in [5.74, 6) is -1.39. The molecule has 1 unspecified atom stereocenters. The summed E-state index contributed by atoms with van der Waals surface area (Å²) in [7, 11) is 1.74. The molecule has 13 heteroatoms. The number of ether oxygens (including phenoxy) is 2. The number of aromatic nitrogens is 4. The highest BCUT2D eigenvalue weighted by Gasteiger charge is 2.56. The van der Waals surface area contributed by atoms with Crippen LogP contribution in [0.4, 0.5) is 8.78 Å². The van der Waals surface area contributed by atoms with Gasteiger partial charge in [0, 0.05) is 36.2 Å². The van der Waals surface area contributed by atoms with E-state index in [1.54, 1.807) is 49.0 Å². The predicted molar refractivity (Wildman–Crippen MR) is 152 cm³/mol. The molecule has 2 aliphatic heterocycles. The SMILES string of the molecule is CCC(O)(c1cc(F)c2c(c1)C(=O)N(Cc1ncc(C#N)cn1)[C@@]2(OCC1(F)COC1)c1ccc(Cl)cc1)c1cn(C)cn1. The molecular weight excluding hydrogens is 594 g/mol. The summed E-state index contributed by atoms with van der Waals surface area (Å²) in [6.45, 7) is 0.459. The Kier molecular flexibility index (Phi) is 7.45. The number of fused-ring (bicyclic) bond motifs is 1. The molecule has 226 valence electrons. The van der Waals surface area contributed by atoms with Gasteiger partial charge >= 0.3 is 0 Å². The van der Waals surface area contributed by atoms with Crippen LogP contribution in [-0.4, -0.2) is 60.9 Å². The van der Waals surface area contributed by atoms with Crippen LogP contribution in [0.15, 0.2) is 61.3 Å². The minimum absolute atomic E-state index is 0.0934. The number of imidazole rings is 1. The first-order valence-electron chi connectivity index (χ1n) is 13.8. The number of hydrogen-bond acceptors (Lipinski definition) is 8. The van der Waals surface area contributed by atoms with E-state index in [1.807, 2.05) is 6.07 Å². The van der Waals surface area contributed by atoms with E-state index in [-0.39, 0.29) is 60.0 Å². The van der Waals surface area contributed by atoms with Crippen molar-refractivity contribution in [3.05, 3.63) is 111 Å². The van der Waals surface area contributed by atoms with E-state index in [0.29, 0.717) is 10.6 Å². The van der Waals surface area contributed by atoms with Crippen LogP contribution in [0.3, 0.4) is 0 Å². The molecular formula is C31H27ClF2N6O4. The van der Waals surface area contributed by atoms with E-state index in [1.165, 1.54) is 29.7 Å². The molecule has 1 saturated heterocycles. The smallest absolute Gasteiger partial charge is 0.257 e. The second kappa shape index (κ2) is 11.0. The van der Waals surface area contributed by atoms with Gasteiger partial charge in [0.05, 0.1) is 55.1 Å². The monoisotopic (exact) mass is 620 g/mol. The number of nitrogens with zero attached hydrogens (tertiary/aromatic N) is 6. The van der Waals surface area contributed by atoms with Gasteiger partial charge in [-0.1, -0.05) is 30.7 Å². The van der Waals surface area contributed by atoms with Crippen molar-refractivity contribution in [1.82, 2.24) is 24.4 Å². The van der Waals surface area contributed by atoms with Crippen molar-refractivity contribution < 1.29 is 28.2 Å².